The van der Waals surface area contributed by atoms with Gasteiger partial charge in [-0.1, -0.05) is 19.3 Å². The Morgan fingerprint density at radius 2 is 1.81 bits per heavy atom. The molecule has 1 aromatic carbocycles. The van der Waals surface area contributed by atoms with Gasteiger partial charge in [0, 0.05) is 30.4 Å². The monoisotopic (exact) mass is 758 g/mol. The molecule has 0 saturated carbocycles. The number of aromatic nitrogens is 4. The molecule has 2 aromatic heterocycles. The topological polar surface area (TPSA) is 95.2 Å². The van der Waals surface area contributed by atoms with Gasteiger partial charge < -0.3 is 20.1 Å². The molecule has 0 bridgehead atoms. The van der Waals surface area contributed by atoms with E-state index in [1.807, 2.05) is 42.1 Å². The number of benzene rings is 1. The number of rotatable bonds is 13. The van der Waals surface area contributed by atoms with Crippen LogP contribution in [0.2, 0.25) is 0 Å². The normalized spacial score (nSPS) is 12.3. The minimum Gasteiger partial charge on any atom is -0.479 e. The molecular weight excluding hydrogens is 724 g/mol. The van der Waals surface area contributed by atoms with E-state index in [0.717, 1.165) is 66.4 Å². The van der Waals surface area contributed by atoms with E-state index in [-0.39, 0.29) is 6.09 Å². The lowest BCUT2D eigenvalue weighted by Crippen LogP contribution is -2.32. The Kier molecular flexibility index (Phi) is 11.8. The first-order valence-corrected chi connectivity index (χ1v) is 20.0. The van der Waals surface area contributed by atoms with Crippen LogP contribution in [-0.4, -0.2) is 51.0 Å². The maximum absolute atomic E-state index is 11.7. The molecule has 198 valence electrons. The molecular formula is C23H34I2N6O3P2. The predicted octanol–water partition coefficient (Wildman–Crippen LogP) is 7.38. The molecule has 2 unspecified atom stereocenters. The second-order valence-corrected chi connectivity index (χ2v) is 13.4. The Morgan fingerprint density at radius 3 is 2.47 bits per heavy atom. The molecule has 0 spiro atoms. The molecule has 1 amide bonds. The zero-order valence-electron chi connectivity index (χ0n) is 21.0. The summed E-state index contributed by atoms with van der Waals surface area (Å²) in [7, 11) is 1.66. The maximum Gasteiger partial charge on any atom is 0.407 e. The third-order valence-electron chi connectivity index (χ3n) is 5.38. The largest absolute Gasteiger partial charge is 0.479 e. The SMILES string of the molecule is COc1nn(PI)cc1-c1cc(NCCCCCCCNC(=O)OC(C)(C)C)c2cnn(PI)c2c1. The van der Waals surface area contributed by atoms with Gasteiger partial charge in [0.15, 0.2) is 0 Å². The molecule has 0 radical (unpaired) electrons. The van der Waals surface area contributed by atoms with Crippen molar-refractivity contribution in [1.82, 2.24) is 24.4 Å². The third-order valence-corrected chi connectivity index (χ3v) is 9.15. The van der Waals surface area contributed by atoms with E-state index in [1.165, 1.54) is 0 Å². The number of anilines is 1. The van der Waals surface area contributed by atoms with Crippen molar-refractivity contribution in [3.63, 3.8) is 0 Å². The second-order valence-electron chi connectivity index (χ2n) is 9.30. The van der Waals surface area contributed by atoms with E-state index in [0.29, 0.717) is 25.2 Å². The number of fused-ring (bicyclic) bond motifs is 1. The lowest BCUT2D eigenvalue weighted by molar-refractivity contribution is 0.0527. The number of ether oxygens (including phenoxy) is 2. The van der Waals surface area contributed by atoms with Gasteiger partial charge in [0.05, 0.1) is 37.1 Å². The average Bonchev–Trinajstić information content (AvgIpc) is 3.45. The average molecular weight is 758 g/mol. The van der Waals surface area contributed by atoms with Gasteiger partial charge in [-0.25, -0.2) is 13.7 Å². The highest BCUT2D eigenvalue weighted by atomic mass is 127. The number of hydrogen-bond acceptors (Lipinski definition) is 6. The molecule has 3 rings (SSSR count). The highest BCUT2D eigenvalue weighted by molar-refractivity contribution is 14.2. The van der Waals surface area contributed by atoms with Crippen molar-refractivity contribution in [2.45, 2.75) is 58.5 Å². The zero-order valence-corrected chi connectivity index (χ0v) is 27.3. The van der Waals surface area contributed by atoms with Crippen LogP contribution in [0.4, 0.5) is 10.5 Å². The molecule has 36 heavy (non-hydrogen) atoms. The number of halogens is 2. The molecule has 0 fully saturated rings. The molecule has 2 heterocycles. The predicted molar refractivity (Wildman–Crippen MR) is 169 cm³/mol. The number of carbonyl (C=O) groups excluding carboxylic acids is 1. The zero-order chi connectivity index (χ0) is 26.1. The first kappa shape index (κ1) is 29.6. The second kappa shape index (κ2) is 14.3. The van der Waals surface area contributed by atoms with Crippen LogP contribution in [0, 0.1) is 0 Å². The Hall–Kier alpha value is -0.910. The first-order valence-electron chi connectivity index (χ1n) is 11.9. The number of hydrogen-bond donors (Lipinski definition) is 2. The summed E-state index contributed by atoms with van der Waals surface area (Å²) in [4.78, 5) is 11.7. The van der Waals surface area contributed by atoms with Gasteiger partial charge in [-0.05, 0) is 95.4 Å². The van der Waals surface area contributed by atoms with Crippen molar-refractivity contribution in [3.8, 4) is 17.0 Å². The lowest BCUT2D eigenvalue weighted by atomic mass is 10.1. The van der Waals surface area contributed by atoms with E-state index in [1.54, 1.807) is 7.11 Å². The van der Waals surface area contributed by atoms with Crippen LogP contribution < -0.4 is 15.4 Å². The fraction of sp³-hybridized carbons (Fsp3) is 0.522. The van der Waals surface area contributed by atoms with Gasteiger partial charge in [0.1, 0.15) is 5.60 Å². The molecule has 0 saturated heterocycles. The highest BCUT2D eigenvalue weighted by Gasteiger charge is 2.17. The first-order chi connectivity index (χ1) is 17.3. The van der Waals surface area contributed by atoms with Crippen LogP contribution in [0.5, 0.6) is 5.88 Å². The Labute approximate surface area is 242 Å². The minimum absolute atomic E-state index is 0.341. The standard InChI is InChI=1S/C23H34I2N6O3P2/c1-23(2,3)34-22(32)27-11-9-7-5-6-8-10-26-19-12-16(13-20-17(19)14-28-31(20)36-25)18-15-30(35-24)29-21(18)33-4/h12-15,26,35-36H,5-11H2,1-4H3,(H,27,32). The number of nitrogens with one attached hydrogen (secondary N) is 2. The molecule has 2 N–H and O–H groups in total. The van der Waals surface area contributed by atoms with Gasteiger partial charge in [-0.2, -0.15) is 5.10 Å². The molecule has 9 nitrogen and oxygen atoms in total. The fourth-order valence-corrected chi connectivity index (χ4v) is 6.33. The van der Waals surface area contributed by atoms with E-state index in [4.69, 9.17) is 9.47 Å². The van der Waals surface area contributed by atoms with Crippen LogP contribution in [-0.2, 0) is 4.74 Å². The number of amides is 1. The van der Waals surface area contributed by atoms with E-state index in [2.05, 4.69) is 77.0 Å². The van der Waals surface area contributed by atoms with Gasteiger partial charge in [0.25, 0.3) is 0 Å². The van der Waals surface area contributed by atoms with Gasteiger partial charge in [-0.3, -0.25) is 0 Å². The summed E-state index contributed by atoms with van der Waals surface area (Å²) in [5.41, 5.74) is 3.78. The minimum atomic E-state index is -0.457. The number of methoxy groups -OCH3 is 1. The van der Waals surface area contributed by atoms with Crippen LogP contribution in [0.15, 0.2) is 24.5 Å². The third kappa shape index (κ3) is 8.56. The van der Waals surface area contributed by atoms with E-state index in [9.17, 15) is 4.79 Å². The van der Waals surface area contributed by atoms with Crippen molar-refractivity contribution in [2.75, 3.05) is 25.5 Å². The van der Waals surface area contributed by atoms with Crippen molar-refractivity contribution >= 4 is 79.5 Å². The van der Waals surface area contributed by atoms with Crippen molar-refractivity contribution in [1.29, 1.82) is 0 Å². The molecule has 0 aliphatic carbocycles. The highest BCUT2D eigenvalue weighted by Crippen LogP contribution is 2.39. The number of alkyl carbamates (subject to hydrolysis) is 1. The smallest absolute Gasteiger partial charge is 0.407 e. The summed E-state index contributed by atoms with van der Waals surface area (Å²) in [6.45, 7) is 7.15. The van der Waals surface area contributed by atoms with Crippen molar-refractivity contribution in [3.05, 3.63) is 24.5 Å². The molecule has 0 aliphatic heterocycles. The number of unbranched alkanes of at least 4 members (excludes halogenated alkanes) is 4. The molecule has 13 heteroatoms. The summed E-state index contributed by atoms with van der Waals surface area (Å²) in [5.74, 6) is 0.633. The van der Waals surface area contributed by atoms with Gasteiger partial charge in [0.2, 0.25) is 5.88 Å². The van der Waals surface area contributed by atoms with E-state index < -0.39 is 5.60 Å². The van der Waals surface area contributed by atoms with Gasteiger partial charge >= 0.3 is 6.09 Å². The quantitative estimate of drug-likeness (QED) is 0.107. The summed E-state index contributed by atoms with van der Waals surface area (Å²) >= 11 is 4.68. The Balaban J connectivity index is 1.53. The number of carbonyl (C=O) groups is 1. The summed E-state index contributed by atoms with van der Waals surface area (Å²) in [6, 6.07) is 4.35. The van der Waals surface area contributed by atoms with Crippen LogP contribution in [0.3, 0.4) is 0 Å². The van der Waals surface area contributed by atoms with Crippen molar-refractivity contribution < 1.29 is 14.3 Å². The van der Waals surface area contributed by atoms with Crippen LogP contribution in [0.1, 0.15) is 52.9 Å². The Bertz CT molecular complexity index is 1150. The maximum atomic E-state index is 11.7. The fourth-order valence-electron chi connectivity index (χ4n) is 3.75. The summed E-state index contributed by atoms with van der Waals surface area (Å²) < 4.78 is 14.8. The van der Waals surface area contributed by atoms with Crippen LogP contribution >= 0.6 is 56.8 Å². The summed E-state index contributed by atoms with van der Waals surface area (Å²) in [6.07, 6.45) is 10.1. The van der Waals surface area contributed by atoms with Crippen LogP contribution in [0.25, 0.3) is 22.0 Å². The summed E-state index contributed by atoms with van der Waals surface area (Å²) in [5, 5.41) is 16.7. The Morgan fingerprint density at radius 1 is 1.08 bits per heavy atom. The lowest BCUT2D eigenvalue weighted by Gasteiger charge is -2.19. The molecule has 3 aromatic rings. The molecule has 2 atom stereocenters. The van der Waals surface area contributed by atoms with E-state index >= 15 is 0 Å². The van der Waals surface area contributed by atoms with Crippen molar-refractivity contribution in [2.24, 2.45) is 0 Å². The van der Waals surface area contributed by atoms with Gasteiger partial charge in [-0.15, -0.1) is 5.10 Å². The number of nitrogens with zero attached hydrogens (tertiary/aromatic N) is 4. The molecule has 0 aliphatic rings.